The molecule has 162 valence electrons. The Labute approximate surface area is 180 Å². The van der Waals surface area contributed by atoms with Crippen LogP contribution in [0.5, 0.6) is 0 Å². The van der Waals surface area contributed by atoms with Gasteiger partial charge in [0.2, 0.25) is 15.9 Å². The quantitative estimate of drug-likeness (QED) is 0.676. The molecule has 1 aliphatic rings. The molecule has 1 atom stereocenters. The van der Waals surface area contributed by atoms with E-state index in [0.717, 1.165) is 24.0 Å². The van der Waals surface area contributed by atoms with E-state index < -0.39 is 10.0 Å². The lowest BCUT2D eigenvalue weighted by molar-refractivity contribution is -0.138. The molecule has 0 saturated carbocycles. The molecule has 3 rings (SSSR count). The Morgan fingerprint density at radius 3 is 2.67 bits per heavy atom. The van der Waals surface area contributed by atoms with Crippen LogP contribution in [-0.2, 0) is 27.8 Å². The highest BCUT2D eigenvalue weighted by atomic mass is 32.2. The maximum Gasteiger partial charge on any atom is 0.243 e. The molecule has 2 heterocycles. The van der Waals surface area contributed by atoms with Crippen molar-refractivity contribution < 1.29 is 13.2 Å². The van der Waals surface area contributed by atoms with Gasteiger partial charge in [0.05, 0.1) is 4.90 Å². The zero-order chi connectivity index (χ0) is 21.7. The smallest absolute Gasteiger partial charge is 0.243 e. The molecule has 30 heavy (non-hydrogen) atoms. The Bertz CT molecular complexity index is 961. The van der Waals surface area contributed by atoms with Crippen LogP contribution in [0.15, 0.2) is 53.7 Å². The number of benzene rings is 1. The summed E-state index contributed by atoms with van der Waals surface area (Å²) in [5.41, 5.74) is 1.77. The van der Waals surface area contributed by atoms with Crippen molar-refractivity contribution in [3.63, 3.8) is 0 Å². The van der Waals surface area contributed by atoms with Crippen molar-refractivity contribution in [2.24, 2.45) is 5.92 Å². The van der Waals surface area contributed by atoms with Gasteiger partial charge in [0, 0.05) is 44.0 Å². The first-order valence-electron chi connectivity index (χ1n) is 10.6. The van der Waals surface area contributed by atoms with E-state index in [4.69, 9.17) is 0 Å². The average Bonchev–Trinajstić information content (AvgIpc) is 2.77. The summed E-state index contributed by atoms with van der Waals surface area (Å²) in [5, 5.41) is 0. The van der Waals surface area contributed by atoms with Crippen LogP contribution in [0.2, 0.25) is 0 Å². The van der Waals surface area contributed by atoms with Gasteiger partial charge in [0.1, 0.15) is 0 Å². The van der Waals surface area contributed by atoms with Crippen LogP contribution in [0, 0.1) is 5.92 Å². The van der Waals surface area contributed by atoms with Gasteiger partial charge in [0.15, 0.2) is 0 Å². The van der Waals surface area contributed by atoms with E-state index in [2.05, 4.69) is 4.98 Å². The van der Waals surface area contributed by atoms with Crippen molar-refractivity contribution in [1.29, 1.82) is 0 Å². The van der Waals surface area contributed by atoms with Crippen molar-refractivity contribution in [2.45, 2.75) is 57.5 Å². The zero-order valence-electron chi connectivity index (χ0n) is 18.0. The minimum Gasteiger partial charge on any atom is -0.334 e. The number of amides is 1. The van der Waals surface area contributed by atoms with Gasteiger partial charge in [-0.1, -0.05) is 45.0 Å². The van der Waals surface area contributed by atoms with E-state index in [1.54, 1.807) is 28.8 Å². The van der Waals surface area contributed by atoms with E-state index in [-0.39, 0.29) is 17.9 Å². The first kappa shape index (κ1) is 22.4. The molecule has 0 N–H and O–H groups in total. The SMILES string of the molecule is CCc1ccccc1S(=O)(=O)N1CCCC(N(Cc2cccnc2)C(=O)C(C)C)C1. The third-order valence-electron chi connectivity index (χ3n) is 5.62. The van der Waals surface area contributed by atoms with Gasteiger partial charge >= 0.3 is 0 Å². The number of aryl methyl sites for hydroxylation is 1. The standard InChI is InChI=1S/C23H31N3O3S/c1-4-20-10-5-6-12-22(20)30(28,29)25-14-8-11-21(17-25)26(23(27)18(2)3)16-19-9-7-13-24-15-19/h5-7,9-10,12-13,15,18,21H,4,8,11,14,16-17H2,1-3H3. The summed E-state index contributed by atoms with van der Waals surface area (Å²) in [7, 11) is -3.61. The number of nitrogens with zero attached hydrogens (tertiary/aromatic N) is 3. The highest BCUT2D eigenvalue weighted by Gasteiger charge is 2.35. The summed E-state index contributed by atoms with van der Waals surface area (Å²) in [6, 6.07) is 10.8. The normalized spacial score (nSPS) is 17.8. The zero-order valence-corrected chi connectivity index (χ0v) is 18.8. The maximum absolute atomic E-state index is 13.4. The largest absolute Gasteiger partial charge is 0.334 e. The topological polar surface area (TPSA) is 70.6 Å². The van der Waals surface area contributed by atoms with Gasteiger partial charge in [-0.3, -0.25) is 9.78 Å². The Kier molecular flexibility index (Phi) is 7.26. The number of carbonyl (C=O) groups is 1. The molecule has 1 aromatic heterocycles. The van der Waals surface area contributed by atoms with Gasteiger partial charge in [-0.2, -0.15) is 4.31 Å². The Morgan fingerprint density at radius 2 is 2.00 bits per heavy atom. The van der Waals surface area contributed by atoms with Crippen molar-refractivity contribution in [1.82, 2.24) is 14.2 Å². The van der Waals surface area contributed by atoms with E-state index in [0.29, 0.717) is 31.0 Å². The van der Waals surface area contributed by atoms with Crippen molar-refractivity contribution in [3.8, 4) is 0 Å². The molecular formula is C23H31N3O3S. The summed E-state index contributed by atoms with van der Waals surface area (Å²) < 4.78 is 28.4. The second-order valence-electron chi connectivity index (χ2n) is 8.10. The number of aromatic nitrogens is 1. The summed E-state index contributed by atoms with van der Waals surface area (Å²) in [5.74, 6) is -0.119. The number of piperidine rings is 1. The van der Waals surface area contributed by atoms with Gasteiger partial charge in [-0.15, -0.1) is 0 Å². The number of hydrogen-bond donors (Lipinski definition) is 0. The molecule has 0 aliphatic carbocycles. The number of pyridine rings is 1. The first-order valence-corrected chi connectivity index (χ1v) is 12.1. The van der Waals surface area contributed by atoms with Gasteiger partial charge in [-0.25, -0.2) is 8.42 Å². The highest BCUT2D eigenvalue weighted by molar-refractivity contribution is 7.89. The molecule has 1 aromatic carbocycles. The van der Waals surface area contributed by atoms with Crippen molar-refractivity contribution in [3.05, 3.63) is 59.9 Å². The predicted octanol–water partition coefficient (Wildman–Crippen LogP) is 3.48. The van der Waals surface area contributed by atoms with E-state index >= 15 is 0 Å². The number of rotatable bonds is 7. The molecule has 1 unspecified atom stereocenters. The fourth-order valence-electron chi connectivity index (χ4n) is 3.99. The minimum absolute atomic E-state index is 0.0389. The number of hydrogen-bond acceptors (Lipinski definition) is 4. The fraction of sp³-hybridized carbons (Fsp3) is 0.478. The molecular weight excluding hydrogens is 398 g/mol. The highest BCUT2D eigenvalue weighted by Crippen LogP contribution is 2.27. The lowest BCUT2D eigenvalue weighted by Gasteiger charge is -2.39. The summed E-state index contributed by atoms with van der Waals surface area (Å²) >= 11 is 0. The van der Waals surface area contributed by atoms with E-state index in [1.807, 2.05) is 49.9 Å². The molecule has 6 nitrogen and oxygen atoms in total. The fourth-order valence-corrected chi connectivity index (χ4v) is 5.80. The molecule has 1 saturated heterocycles. The van der Waals surface area contributed by atoms with Gasteiger partial charge < -0.3 is 4.90 Å². The van der Waals surface area contributed by atoms with Gasteiger partial charge in [0.25, 0.3) is 0 Å². The van der Waals surface area contributed by atoms with Crippen molar-refractivity contribution >= 4 is 15.9 Å². The second kappa shape index (κ2) is 9.71. The third-order valence-corrected chi connectivity index (χ3v) is 7.59. The van der Waals surface area contributed by atoms with E-state index in [1.165, 1.54) is 0 Å². The average molecular weight is 430 g/mol. The van der Waals surface area contributed by atoms with Crippen LogP contribution < -0.4 is 0 Å². The van der Waals surface area contributed by atoms with Crippen molar-refractivity contribution in [2.75, 3.05) is 13.1 Å². The second-order valence-corrected chi connectivity index (χ2v) is 10.0. The van der Waals surface area contributed by atoms with Crippen LogP contribution in [0.3, 0.4) is 0 Å². The van der Waals surface area contributed by atoms with Crippen LogP contribution in [-0.4, -0.2) is 47.6 Å². The summed E-state index contributed by atoms with van der Waals surface area (Å²) in [6.45, 7) is 6.96. The maximum atomic E-state index is 13.4. The lowest BCUT2D eigenvalue weighted by Crippen LogP contribution is -2.52. The van der Waals surface area contributed by atoms with E-state index in [9.17, 15) is 13.2 Å². The third kappa shape index (κ3) is 4.90. The molecule has 2 aromatic rings. The molecule has 1 amide bonds. The Morgan fingerprint density at radius 1 is 1.23 bits per heavy atom. The number of sulfonamides is 1. The molecule has 0 spiro atoms. The Hall–Kier alpha value is -2.25. The lowest BCUT2D eigenvalue weighted by atomic mass is 10.0. The molecule has 0 bridgehead atoms. The van der Waals surface area contributed by atoms with Gasteiger partial charge in [-0.05, 0) is 42.5 Å². The summed E-state index contributed by atoms with van der Waals surface area (Å²) in [4.78, 5) is 19.4. The molecule has 1 fully saturated rings. The molecule has 0 radical (unpaired) electrons. The first-order chi connectivity index (χ1) is 14.3. The monoisotopic (exact) mass is 429 g/mol. The summed E-state index contributed by atoms with van der Waals surface area (Å²) in [6.07, 6.45) is 5.65. The molecule has 7 heteroatoms. The van der Waals surface area contributed by atoms with Crippen LogP contribution in [0.4, 0.5) is 0 Å². The van der Waals surface area contributed by atoms with Crippen LogP contribution in [0.1, 0.15) is 44.7 Å². The van der Waals surface area contributed by atoms with Crippen LogP contribution in [0.25, 0.3) is 0 Å². The Balaban J connectivity index is 1.87. The minimum atomic E-state index is -3.61. The molecule has 1 aliphatic heterocycles. The predicted molar refractivity (Wildman–Crippen MR) is 117 cm³/mol. The number of carbonyl (C=O) groups excluding carboxylic acids is 1. The van der Waals surface area contributed by atoms with Crippen LogP contribution >= 0.6 is 0 Å².